The molecular formula is C30H38ClN3O4S. The highest BCUT2D eigenvalue weighted by atomic mass is 35.5. The Morgan fingerprint density at radius 1 is 1.05 bits per heavy atom. The molecular weight excluding hydrogens is 534 g/mol. The maximum atomic E-state index is 13.1. The zero-order valence-electron chi connectivity index (χ0n) is 22.3. The van der Waals surface area contributed by atoms with E-state index in [4.69, 9.17) is 22.1 Å². The molecule has 3 N–H and O–H groups in total. The number of fused-ring (bicyclic) bond motifs is 4. The van der Waals surface area contributed by atoms with E-state index < -0.39 is 15.9 Å². The smallest absolute Gasteiger partial charge is 0.264 e. The molecule has 0 saturated heterocycles. The van der Waals surface area contributed by atoms with Crippen LogP contribution in [0.2, 0.25) is 5.02 Å². The Bertz CT molecular complexity index is 1370. The molecule has 0 radical (unpaired) electrons. The number of aryl methyl sites for hydroxylation is 1. The first-order chi connectivity index (χ1) is 18.7. The van der Waals surface area contributed by atoms with Crippen LogP contribution >= 0.6 is 11.6 Å². The van der Waals surface area contributed by atoms with Crippen molar-refractivity contribution in [1.29, 1.82) is 0 Å². The number of carbonyl (C=O) groups is 1. The second-order valence-electron chi connectivity index (χ2n) is 12.1. The third-order valence-corrected chi connectivity index (χ3v) is 11.0. The number of nitrogens with one attached hydrogen (secondary N) is 1. The number of amides is 1. The number of halogens is 1. The molecule has 2 aromatic carbocycles. The van der Waals surface area contributed by atoms with Crippen molar-refractivity contribution >= 4 is 33.2 Å². The lowest BCUT2D eigenvalue weighted by Crippen LogP contribution is -2.50. The third-order valence-electron chi connectivity index (χ3n) is 9.48. The number of carbonyl (C=O) groups excluding carboxylic acids is 1. The second kappa shape index (κ2) is 10.6. The van der Waals surface area contributed by atoms with Gasteiger partial charge in [-0.3, -0.25) is 4.79 Å². The van der Waals surface area contributed by atoms with Crippen molar-refractivity contribution in [3.8, 4) is 5.75 Å². The quantitative estimate of drug-likeness (QED) is 0.471. The Balaban J connectivity index is 1.40. The first kappa shape index (κ1) is 26.9. The van der Waals surface area contributed by atoms with E-state index >= 15 is 0 Å². The summed E-state index contributed by atoms with van der Waals surface area (Å²) in [6.07, 6.45) is 8.44. The maximum Gasteiger partial charge on any atom is 0.264 e. The van der Waals surface area contributed by atoms with Crippen LogP contribution in [0.5, 0.6) is 5.75 Å². The predicted octanol–water partition coefficient (Wildman–Crippen LogP) is 4.80. The number of hydrogen-bond acceptors (Lipinski definition) is 6. The molecule has 1 spiro atoms. The number of benzene rings is 2. The van der Waals surface area contributed by atoms with Crippen molar-refractivity contribution in [2.75, 3.05) is 30.3 Å². The van der Waals surface area contributed by atoms with Crippen LogP contribution in [0.15, 0.2) is 36.4 Å². The number of nitrogens with two attached hydrogens (primary N) is 1. The van der Waals surface area contributed by atoms with Crippen LogP contribution < -0.4 is 20.1 Å². The molecule has 2 heterocycles. The van der Waals surface area contributed by atoms with E-state index in [9.17, 15) is 13.2 Å². The molecule has 2 aromatic rings. The minimum Gasteiger partial charge on any atom is -0.490 e. The maximum absolute atomic E-state index is 13.1. The first-order valence-corrected chi connectivity index (χ1v) is 16.4. The van der Waals surface area contributed by atoms with Crippen molar-refractivity contribution in [3.05, 3.63) is 58.1 Å². The van der Waals surface area contributed by atoms with Crippen LogP contribution in [0.4, 0.5) is 5.69 Å². The molecule has 9 heteroatoms. The summed E-state index contributed by atoms with van der Waals surface area (Å²) >= 11 is 6.38. The van der Waals surface area contributed by atoms with E-state index in [1.807, 2.05) is 18.2 Å². The highest BCUT2D eigenvalue weighted by Crippen LogP contribution is 2.46. The lowest BCUT2D eigenvalue weighted by atomic mass is 9.67. The molecule has 0 aromatic heterocycles. The van der Waals surface area contributed by atoms with Gasteiger partial charge in [-0.1, -0.05) is 30.5 Å². The van der Waals surface area contributed by atoms with E-state index in [1.165, 1.54) is 11.1 Å². The van der Waals surface area contributed by atoms with E-state index in [-0.39, 0.29) is 17.2 Å². The zero-order valence-corrected chi connectivity index (χ0v) is 23.9. The minimum absolute atomic E-state index is 0.0633. The van der Waals surface area contributed by atoms with Gasteiger partial charge in [0.1, 0.15) is 5.75 Å². The molecule has 39 heavy (non-hydrogen) atoms. The molecule has 1 fully saturated rings. The Morgan fingerprint density at radius 3 is 2.74 bits per heavy atom. The largest absolute Gasteiger partial charge is 0.490 e. The highest BCUT2D eigenvalue weighted by molar-refractivity contribution is 7.90. The van der Waals surface area contributed by atoms with E-state index in [2.05, 4.69) is 21.8 Å². The number of sulfonamides is 1. The number of ether oxygens (including phenoxy) is 1. The minimum atomic E-state index is -3.72. The third kappa shape index (κ3) is 5.40. The summed E-state index contributed by atoms with van der Waals surface area (Å²) in [5.74, 6) is 1.00. The van der Waals surface area contributed by atoms with Crippen LogP contribution in [-0.2, 0) is 21.9 Å². The Labute approximate surface area is 236 Å². The molecule has 2 bridgehead atoms. The molecule has 4 atom stereocenters. The summed E-state index contributed by atoms with van der Waals surface area (Å²) in [4.78, 5) is 15.5. The monoisotopic (exact) mass is 571 g/mol. The number of anilines is 1. The lowest BCUT2D eigenvalue weighted by Gasteiger charge is -2.46. The Kier molecular flexibility index (Phi) is 7.31. The van der Waals surface area contributed by atoms with Gasteiger partial charge in [0.15, 0.2) is 0 Å². The lowest BCUT2D eigenvalue weighted by molar-refractivity contribution is 0.0981. The van der Waals surface area contributed by atoms with Crippen LogP contribution in [0.3, 0.4) is 0 Å². The molecule has 210 valence electrons. The summed E-state index contributed by atoms with van der Waals surface area (Å²) in [5, 5.41) is 0.755. The van der Waals surface area contributed by atoms with Crippen LogP contribution in [-0.4, -0.2) is 45.8 Å². The molecule has 1 saturated carbocycles. The predicted molar refractivity (Wildman–Crippen MR) is 154 cm³/mol. The van der Waals surface area contributed by atoms with Crippen LogP contribution in [0.1, 0.15) is 72.9 Å². The van der Waals surface area contributed by atoms with Gasteiger partial charge in [-0.2, -0.15) is 0 Å². The molecule has 6 rings (SSSR count). The topological polar surface area (TPSA) is 102 Å². The average molecular weight is 572 g/mol. The highest BCUT2D eigenvalue weighted by Gasteiger charge is 2.44. The Morgan fingerprint density at radius 2 is 1.92 bits per heavy atom. The van der Waals surface area contributed by atoms with Crippen LogP contribution in [0.25, 0.3) is 0 Å². The fourth-order valence-corrected chi connectivity index (χ4v) is 8.52. The summed E-state index contributed by atoms with van der Waals surface area (Å²) in [7, 11) is -3.72. The number of rotatable bonds is 0. The van der Waals surface area contributed by atoms with Crippen molar-refractivity contribution in [2.45, 2.75) is 69.2 Å². The van der Waals surface area contributed by atoms with Gasteiger partial charge in [0, 0.05) is 35.1 Å². The van der Waals surface area contributed by atoms with Gasteiger partial charge in [0.25, 0.3) is 5.91 Å². The summed E-state index contributed by atoms with van der Waals surface area (Å²) in [6, 6.07) is 11.6. The van der Waals surface area contributed by atoms with E-state index in [0.717, 1.165) is 80.9 Å². The SMILES string of the molecule is N[C@H]1CCCCCS(=O)(=O)NC(=O)c2ccc3c(c2)N(C[C@@H]2CC[C@H]21)C[C@@]1(CCCc2cc(Cl)ccc21)CO3. The summed E-state index contributed by atoms with van der Waals surface area (Å²) in [5.41, 5.74) is 10.3. The van der Waals surface area contributed by atoms with Crippen molar-refractivity contribution in [3.63, 3.8) is 0 Å². The fourth-order valence-electron chi connectivity index (χ4n) is 7.24. The van der Waals surface area contributed by atoms with Gasteiger partial charge < -0.3 is 15.4 Å². The fraction of sp³-hybridized carbons (Fsp3) is 0.567. The average Bonchev–Trinajstić information content (AvgIpc) is 3.02. The summed E-state index contributed by atoms with van der Waals surface area (Å²) in [6.45, 7) is 2.14. The van der Waals surface area contributed by atoms with Crippen LogP contribution in [0, 0.1) is 11.8 Å². The molecule has 0 unspecified atom stereocenters. The van der Waals surface area contributed by atoms with Gasteiger partial charge in [-0.15, -0.1) is 0 Å². The molecule has 4 aliphatic rings. The van der Waals surface area contributed by atoms with E-state index in [1.54, 1.807) is 6.07 Å². The van der Waals surface area contributed by atoms with E-state index in [0.29, 0.717) is 30.4 Å². The molecule has 2 aliphatic heterocycles. The second-order valence-corrected chi connectivity index (χ2v) is 14.3. The van der Waals surface area contributed by atoms with Gasteiger partial charge in [0.05, 0.1) is 18.0 Å². The molecule has 1 amide bonds. The summed E-state index contributed by atoms with van der Waals surface area (Å²) < 4.78 is 34.1. The standard InChI is InChI=1S/C30H38ClN3O4S/c31-23-9-11-25-20(15-23)5-4-13-30(25)18-34-17-22-7-10-24(22)26(32)6-2-1-3-14-39(36,37)33-29(35)21-8-12-28(38-19-30)27(34)16-21/h8-9,11-12,15-16,22,24,26H,1-7,10,13-14,17-19,32H2,(H,33,35)/t22-,24+,26-,30-/m0/s1. The Hall–Kier alpha value is -2.29. The van der Waals surface area contributed by atoms with Crippen molar-refractivity contribution in [2.24, 2.45) is 17.6 Å². The van der Waals surface area contributed by atoms with Crippen molar-refractivity contribution in [1.82, 2.24) is 4.72 Å². The number of nitrogens with zero attached hydrogens (tertiary/aromatic N) is 1. The van der Waals surface area contributed by atoms with Gasteiger partial charge in [-0.05, 0) is 98.2 Å². The van der Waals surface area contributed by atoms with Gasteiger partial charge in [-0.25, -0.2) is 13.1 Å². The van der Waals surface area contributed by atoms with Gasteiger partial charge >= 0.3 is 0 Å². The van der Waals surface area contributed by atoms with Crippen molar-refractivity contribution < 1.29 is 17.9 Å². The molecule has 7 nitrogen and oxygen atoms in total. The normalized spacial score (nSPS) is 30.7. The number of hydrogen-bond donors (Lipinski definition) is 2. The molecule has 2 aliphatic carbocycles. The first-order valence-electron chi connectivity index (χ1n) is 14.3. The zero-order chi connectivity index (χ0) is 27.2. The van der Waals surface area contributed by atoms with Gasteiger partial charge in [0.2, 0.25) is 10.0 Å².